The molecule has 1 aromatic heterocycles. The number of hydrogen-bond acceptors (Lipinski definition) is 7. The molecule has 2 saturated heterocycles. The minimum absolute atomic E-state index is 0.0584. The normalized spacial score (nSPS) is 22.4. The summed E-state index contributed by atoms with van der Waals surface area (Å²) in [5, 5.41) is 0. The molecular formula is C20H25N3O5S. The number of rotatable bonds is 5. The number of sulfonamides is 1. The Bertz CT molecular complexity index is 997. The molecule has 0 bridgehead atoms. The number of pyridine rings is 1. The monoisotopic (exact) mass is 419 g/mol. The third-order valence-electron chi connectivity index (χ3n) is 5.47. The van der Waals surface area contributed by atoms with Gasteiger partial charge in [-0.1, -0.05) is 0 Å². The number of methoxy groups -OCH3 is 2. The summed E-state index contributed by atoms with van der Waals surface area (Å²) in [6.45, 7) is 3.85. The van der Waals surface area contributed by atoms with E-state index in [1.165, 1.54) is 24.6 Å². The van der Waals surface area contributed by atoms with Gasteiger partial charge in [0, 0.05) is 43.3 Å². The summed E-state index contributed by atoms with van der Waals surface area (Å²) in [7, 11) is -0.812. The van der Waals surface area contributed by atoms with E-state index in [1.54, 1.807) is 18.3 Å². The van der Waals surface area contributed by atoms with Gasteiger partial charge < -0.3 is 19.1 Å². The highest BCUT2D eigenvalue weighted by Gasteiger charge is 2.45. The fourth-order valence-electron chi connectivity index (χ4n) is 4.01. The summed E-state index contributed by atoms with van der Waals surface area (Å²) in [5.74, 6) is 0.759. The standard InChI is InChI=1S/C20H25N3O5S/c1-14-10-15(6-7-21-14)23-8-9-28-19-13-22(12-17(19)23)29(24,25)20-11-16(26-2)4-5-18(20)27-3/h4-7,10-11,17,19H,8-9,12-13H2,1-3H3/t17-,19-/m0/s1. The molecule has 0 N–H and O–H groups in total. The van der Waals surface area contributed by atoms with Gasteiger partial charge in [0.25, 0.3) is 0 Å². The molecule has 2 atom stereocenters. The maximum Gasteiger partial charge on any atom is 0.247 e. The van der Waals surface area contributed by atoms with Crippen molar-refractivity contribution in [3.8, 4) is 11.5 Å². The lowest BCUT2D eigenvalue weighted by Crippen LogP contribution is -2.51. The van der Waals surface area contributed by atoms with Crippen LogP contribution >= 0.6 is 0 Å². The fourth-order valence-corrected chi connectivity index (χ4v) is 5.65. The van der Waals surface area contributed by atoms with Gasteiger partial charge in [0.1, 0.15) is 16.4 Å². The molecule has 1 aromatic carbocycles. The second-order valence-electron chi connectivity index (χ2n) is 7.16. The lowest BCUT2D eigenvalue weighted by molar-refractivity contribution is 0.0331. The number of benzene rings is 1. The van der Waals surface area contributed by atoms with Crippen molar-refractivity contribution >= 4 is 15.7 Å². The quantitative estimate of drug-likeness (QED) is 0.729. The van der Waals surface area contributed by atoms with Crippen LogP contribution in [0.5, 0.6) is 11.5 Å². The maximum absolute atomic E-state index is 13.4. The Kier molecular flexibility index (Phi) is 5.37. The number of nitrogens with zero attached hydrogens (tertiary/aromatic N) is 3. The van der Waals surface area contributed by atoms with Crippen LogP contribution in [0.2, 0.25) is 0 Å². The largest absolute Gasteiger partial charge is 0.497 e. The summed E-state index contributed by atoms with van der Waals surface area (Å²) >= 11 is 0. The second kappa shape index (κ2) is 7.81. The van der Waals surface area contributed by atoms with E-state index in [9.17, 15) is 8.42 Å². The number of morpholine rings is 1. The Morgan fingerprint density at radius 3 is 2.69 bits per heavy atom. The van der Waals surface area contributed by atoms with Crippen molar-refractivity contribution in [1.82, 2.24) is 9.29 Å². The Balaban J connectivity index is 1.64. The lowest BCUT2D eigenvalue weighted by atomic mass is 10.1. The SMILES string of the molecule is COc1ccc(OC)c(S(=O)(=O)N2C[C@@H]3OCCN(c4ccnc(C)c4)[C@H]3C2)c1. The Morgan fingerprint density at radius 2 is 1.97 bits per heavy atom. The number of hydrogen-bond donors (Lipinski definition) is 0. The molecule has 156 valence electrons. The van der Waals surface area contributed by atoms with Crippen LogP contribution in [-0.2, 0) is 14.8 Å². The van der Waals surface area contributed by atoms with Crippen molar-refractivity contribution in [3.63, 3.8) is 0 Å². The zero-order chi connectivity index (χ0) is 20.6. The molecule has 29 heavy (non-hydrogen) atoms. The van der Waals surface area contributed by atoms with E-state index in [0.717, 1.165) is 11.4 Å². The predicted octanol–water partition coefficient (Wildman–Crippen LogP) is 1.69. The van der Waals surface area contributed by atoms with Crippen molar-refractivity contribution in [2.75, 3.05) is 45.4 Å². The molecule has 3 heterocycles. The molecule has 2 fully saturated rings. The summed E-state index contributed by atoms with van der Waals surface area (Å²) in [6.07, 6.45) is 1.59. The molecule has 2 aliphatic heterocycles. The van der Waals surface area contributed by atoms with Crippen LogP contribution in [0.15, 0.2) is 41.4 Å². The van der Waals surface area contributed by atoms with Crippen LogP contribution in [0, 0.1) is 6.92 Å². The van der Waals surface area contributed by atoms with Gasteiger partial charge in [-0.05, 0) is 31.2 Å². The third-order valence-corrected chi connectivity index (χ3v) is 7.32. The van der Waals surface area contributed by atoms with Crippen LogP contribution in [0.25, 0.3) is 0 Å². The zero-order valence-electron chi connectivity index (χ0n) is 16.7. The van der Waals surface area contributed by atoms with Gasteiger partial charge in [-0.25, -0.2) is 8.42 Å². The summed E-state index contributed by atoms with van der Waals surface area (Å²) in [4.78, 5) is 6.58. The van der Waals surface area contributed by atoms with Gasteiger partial charge in [0.15, 0.2) is 0 Å². The van der Waals surface area contributed by atoms with Crippen molar-refractivity contribution in [1.29, 1.82) is 0 Å². The van der Waals surface area contributed by atoms with Gasteiger partial charge in [0.2, 0.25) is 10.0 Å². The molecule has 0 aliphatic carbocycles. The molecule has 4 rings (SSSR count). The highest BCUT2D eigenvalue weighted by atomic mass is 32.2. The lowest BCUT2D eigenvalue weighted by Gasteiger charge is -2.38. The van der Waals surface area contributed by atoms with E-state index >= 15 is 0 Å². The van der Waals surface area contributed by atoms with Gasteiger partial charge in [-0.15, -0.1) is 0 Å². The van der Waals surface area contributed by atoms with Crippen molar-refractivity contribution < 1.29 is 22.6 Å². The average Bonchev–Trinajstić information content (AvgIpc) is 3.18. The van der Waals surface area contributed by atoms with Crippen molar-refractivity contribution in [2.45, 2.75) is 24.0 Å². The molecule has 0 unspecified atom stereocenters. The Labute approximate surface area is 171 Å². The number of ether oxygens (including phenoxy) is 3. The first kappa shape index (κ1) is 19.9. The first-order valence-corrected chi connectivity index (χ1v) is 10.9. The molecule has 0 spiro atoms. The second-order valence-corrected chi connectivity index (χ2v) is 9.07. The van der Waals surface area contributed by atoms with Gasteiger partial charge >= 0.3 is 0 Å². The molecule has 8 nitrogen and oxygen atoms in total. The molecular weight excluding hydrogens is 394 g/mol. The minimum atomic E-state index is -3.78. The van der Waals surface area contributed by atoms with E-state index in [4.69, 9.17) is 14.2 Å². The Morgan fingerprint density at radius 1 is 1.14 bits per heavy atom. The maximum atomic E-state index is 13.4. The van der Waals surface area contributed by atoms with Gasteiger partial charge in [0.05, 0.1) is 33.0 Å². The van der Waals surface area contributed by atoms with Gasteiger partial charge in [-0.3, -0.25) is 4.98 Å². The fraction of sp³-hybridized carbons (Fsp3) is 0.450. The smallest absolute Gasteiger partial charge is 0.247 e. The Hall–Kier alpha value is -2.36. The summed E-state index contributed by atoms with van der Waals surface area (Å²) in [6, 6.07) is 8.70. The first-order valence-electron chi connectivity index (χ1n) is 9.47. The van der Waals surface area contributed by atoms with Crippen LogP contribution < -0.4 is 14.4 Å². The minimum Gasteiger partial charge on any atom is -0.497 e. The third kappa shape index (κ3) is 3.65. The van der Waals surface area contributed by atoms with Crippen molar-refractivity contribution in [3.05, 3.63) is 42.2 Å². The number of fused-ring (bicyclic) bond motifs is 1. The number of anilines is 1. The molecule has 0 amide bonds. The van der Waals surface area contributed by atoms with Crippen LogP contribution in [0.4, 0.5) is 5.69 Å². The summed E-state index contributed by atoms with van der Waals surface area (Å²) in [5.41, 5.74) is 1.96. The molecule has 0 saturated carbocycles. The predicted molar refractivity (Wildman–Crippen MR) is 108 cm³/mol. The molecule has 2 aromatic rings. The van der Waals surface area contributed by atoms with Crippen LogP contribution in [0.3, 0.4) is 0 Å². The summed E-state index contributed by atoms with van der Waals surface area (Å²) < 4.78 is 44.8. The van der Waals surface area contributed by atoms with E-state index in [0.29, 0.717) is 37.7 Å². The van der Waals surface area contributed by atoms with E-state index in [-0.39, 0.29) is 17.0 Å². The van der Waals surface area contributed by atoms with Crippen molar-refractivity contribution in [2.24, 2.45) is 0 Å². The molecule has 0 radical (unpaired) electrons. The van der Waals surface area contributed by atoms with E-state index < -0.39 is 10.0 Å². The zero-order valence-corrected chi connectivity index (χ0v) is 17.6. The molecule has 9 heteroatoms. The average molecular weight is 420 g/mol. The first-order chi connectivity index (χ1) is 13.9. The highest BCUT2D eigenvalue weighted by Crippen LogP contribution is 2.35. The number of aromatic nitrogens is 1. The van der Waals surface area contributed by atoms with Crippen LogP contribution in [0.1, 0.15) is 5.69 Å². The van der Waals surface area contributed by atoms with E-state index in [2.05, 4.69) is 9.88 Å². The highest BCUT2D eigenvalue weighted by molar-refractivity contribution is 7.89. The van der Waals surface area contributed by atoms with Gasteiger partial charge in [-0.2, -0.15) is 4.31 Å². The number of aryl methyl sites for hydroxylation is 1. The van der Waals surface area contributed by atoms with E-state index in [1.807, 2.05) is 19.1 Å². The topological polar surface area (TPSA) is 81.2 Å². The molecule has 2 aliphatic rings. The van der Waals surface area contributed by atoms with Crippen LogP contribution in [-0.4, -0.2) is 70.3 Å².